The molecule has 0 N–H and O–H groups in total. The van der Waals surface area contributed by atoms with Crippen molar-refractivity contribution in [2.24, 2.45) is 5.92 Å². The van der Waals surface area contributed by atoms with Crippen LogP contribution in [0.2, 0.25) is 0 Å². The molecule has 0 aliphatic carbocycles. The molecular formula is C14H22. The van der Waals surface area contributed by atoms with E-state index in [4.69, 9.17) is 0 Å². The SMILES string of the molecule is C/C=C\C=C/C(C)/C(C)=C/C=C\CC. The van der Waals surface area contributed by atoms with Crippen LogP contribution in [0.3, 0.4) is 0 Å². The highest BCUT2D eigenvalue weighted by molar-refractivity contribution is 5.18. The molecule has 0 bridgehead atoms. The molecular weight excluding hydrogens is 168 g/mol. The summed E-state index contributed by atoms with van der Waals surface area (Å²) in [6, 6.07) is 0. The Bertz CT molecular complexity index is 239. The largest absolute Gasteiger partial charge is 0.0877 e. The first-order valence-electron chi connectivity index (χ1n) is 5.35. The highest BCUT2D eigenvalue weighted by atomic mass is 14.0. The molecule has 78 valence electrons. The van der Waals surface area contributed by atoms with E-state index in [-0.39, 0.29) is 0 Å². The Labute approximate surface area is 88.7 Å². The predicted molar refractivity (Wildman–Crippen MR) is 66.3 cm³/mol. The monoisotopic (exact) mass is 190 g/mol. The van der Waals surface area contributed by atoms with Gasteiger partial charge in [-0.05, 0) is 26.2 Å². The summed E-state index contributed by atoms with van der Waals surface area (Å²) in [6.45, 7) is 8.56. The maximum absolute atomic E-state index is 2.21. The van der Waals surface area contributed by atoms with Gasteiger partial charge in [-0.15, -0.1) is 0 Å². The average molecular weight is 190 g/mol. The lowest BCUT2D eigenvalue weighted by molar-refractivity contribution is 0.863. The Morgan fingerprint density at radius 2 is 1.93 bits per heavy atom. The zero-order valence-corrected chi connectivity index (χ0v) is 9.83. The van der Waals surface area contributed by atoms with Crippen molar-refractivity contribution >= 4 is 0 Å². The first kappa shape index (κ1) is 13.0. The third-order valence-electron chi connectivity index (χ3n) is 2.15. The van der Waals surface area contributed by atoms with E-state index < -0.39 is 0 Å². The third kappa shape index (κ3) is 6.47. The molecule has 0 aliphatic rings. The second kappa shape index (κ2) is 8.55. The van der Waals surface area contributed by atoms with Gasteiger partial charge in [-0.1, -0.05) is 62.0 Å². The molecule has 1 atom stereocenters. The molecule has 0 radical (unpaired) electrons. The van der Waals surface area contributed by atoms with Crippen LogP contribution in [0.5, 0.6) is 0 Å². The van der Waals surface area contributed by atoms with E-state index in [1.807, 2.05) is 13.0 Å². The van der Waals surface area contributed by atoms with Gasteiger partial charge in [-0.3, -0.25) is 0 Å². The van der Waals surface area contributed by atoms with Crippen LogP contribution < -0.4 is 0 Å². The molecule has 0 aromatic heterocycles. The number of hydrogen-bond donors (Lipinski definition) is 0. The standard InChI is InChI=1S/C14H22/c1-5-7-9-11-13(3)14(4)12-10-8-6-2/h5,7-13H,6H2,1-4H3/b7-5-,10-8-,11-9-,14-12+. The highest BCUT2D eigenvalue weighted by Crippen LogP contribution is 2.11. The van der Waals surface area contributed by atoms with E-state index in [1.54, 1.807) is 0 Å². The average Bonchev–Trinajstić information content (AvgIpc) is 2.18. The maximum atomic E-state index is 2.21. The Balaban J connectivity index is 4.16. The van der Waals surface area contributed by atoms with Crippen molar-refractivity contribution in [2.75, 3.05) is 0 Å². The van der Waals surface area contributed by atoms with Crippen molar-refractivity contribution in [3.8, 4) is 0 Å². The summed E-state index contributed by atoms with van der Waals surface area (Å²) in [5, 5.41) is 0. The molecule has 0 saturated carbocycles. The van der Waals surface area contributed by atoms with Gasteiger partial charge in [0.2, 0.25) is 0 Å². The molecule has 0 fully saturated rings. The Morgan fingerprint density at radius 1 is 1.21 bits per heavy atom. The van der Waals surface area contributed by atoms with Crippen molar-refractivity contribution in [3.63, 3.8) is 0 Å². The molecule has 0 aromatic rings. The maximum Gasteiger partial charge on any atom is -0.00482 e. The normalized spacial score (nSPS) is 16.1. The van der Waals surface area contributed by atoms with Gasteiger partial charge in [0.25, 0.3) is 0 Å². The highest BCUT2D eigenvalue weighted by Gasteiger charge is 1.96. The lowest BCUT2D eigenvalue weighted by atomic mass is 10.0. The number of rotatable bonds is 5. The molecule has 0 amide bonds. The summed E-state index contributed by atoms with van der Waals surface area (Å²) in [5.74, 6) is 0.521. The minimum Gasteiger partial charge on any atom is -0.0877 e. The van der Waals surface area contributed by atoms with Crippen LogP contribution in [0.4, 0.5) is 0 Å². The van der Waals surface area contributed by atoms with Gasteiger partial charge < -0.3 is 0 Å². The van der Waals surface area contributed by atoms with Gasteiger partial charge in [-0.2, -0.15) is 0 Å². The Hall–Kier alpha value is -1.04. The van der Waals surface area contributed by atoms with Gasteiger partial charge in [0, 0.05) is 0 Å². The zero-order chi connectivity index (χ0) is 10.8. The molecule has 0 nitrogen and oxygen atoms in total. The van der Waals surface area contributed by atoms with E-state index in [9.17, 15) is 0 Å². The molecule has 0 spiro atoms. The lowest BCUT2D eigenvalue weighted by Gasteiger charge is -2.04. The van der Waals surface area contributed by atoms with E-state index in [0.717, 1.165) is 6.42 Å². The second-order valence-electron chi connectivity index (χ2n) is 3.45. The summed E-state index contributed by atoms with van der Waals surface area (Å²) in [7, 11) is 0. The van der Waals surface area contributed by atoms with E-state index in [1.165, 1.54) is 5.57 Å². The van der Waals surface area contributed by atoms with Crippen LogP contribution in [0.1, 0.15) is 34.1 Å². The minimum absolute atomic E-state index is 0.521. The quantitative estimate of drug-likeness (QED) is 0.553. The van der Waals surface area contributed by atoms with Gasteiger partial charge >= 0.3 is 0 Å². The first-order chi connectivity index (χ1) is 6.72. The van der Waals surface area contributed by atoms with Crippen LogP contribution in [0, 0.1) is 5.92 Å². The molecule has 0 heterocycles. The Morgan fingerprint density at radius 3 is 2.50 bits per heavy atom. The summed E-state index contributed by atoms with van der Waals surface area (Å²) in [6.07, 6.45) is 16.0. The number of hydrogen-bond acceptors (Lipinski definition) is 0. The smallest absolute Gasteiger partial charge is 0.00482 e. The van der Waals surface area contributed by atoms with Gasteiger partial charge in [0.1, 0.15) is 0 Å². The van der Waals surface area contributed by atoms with E-state index in [0.29, 0.717) is 5.92 Å². The van der Waals surface area contributed by atoms with Crippen molar-refractivity contribution in [3.05, 3.63) is 48.1 Å². The minimum atomic E-state index is 0.521. The Kier molecular flexibility index (Phi) is 7.92. The fourth-order valence-corrected chi connectivity index (χ4v) is 1.00. The summed E-state index contributed by atoms with van der Waals surface area (Å²) in [4.78, 5) is 0. The number of allylic oxidation sites excluding steroid dienone is 8. The second-order valence-corrected chi connectivity index (χ2v) is 3.45. The van der Waals surface area contributed by atoms with Crippen LogP contribution in [0.25, 0.3) is 0 Å². The van der Waals surface area contributed by atoms with Crippen LogP contribution in [0.15, 0.2) is 48.1 Å². The van der Waals surface area contributed by atoms with Gasteiger partial charge in [0.15, 0.2) is 0 Å². The van der Waals surface area contributed by atoms with Crippen molar-refractivity contribution in [2.45, 2.75) is 34.1 Å². The van der Waals surface area contributed by atoms with Crippen molar-refractivity contribution < 1.29 is 0 Å². The first-order valence-corrected chi connectivity index (χ1v) is 5.35. The van der Waals surface area contributed by atoms with E-state index >= 15 is 0 Å². The molecule has 1 unspecified atom stereocenters. The summed E-state index contributed by atoms with van der Waals surface area (Å²) in [5.41, 5.74) is 1.40. The molecule has 0 rings (SSSR count). The fourth-order valence-electron chi connectivity index (χ4n) is 1.00. The van der Waals surface area contributed by atoms with Crippen molar-refractivity contribution in [1.29, 1.82) is 0 Å². The summed E-state index contributed by atoms with van der Waals surface area (Å²) < 4.78 is 0. The molecule has 0 saturated heterocycles. The summed E-state index contributed by atoms with van der Waals surface area (Å²) >= 11 is 0. The van der Waals surface area contributed by atoms with Crippen LogP contribution in [-0.4, -0.2) is 0 Å². The molecule has 0 aromatic carbocycles. The van der Waals surface area contributed by atoms with Crippen LogP contribution in [-0.2, 0) is 0 Å². The fraction of sp³-hybridized carbons (Fsp3) is 0.429. The van der Waals surface area contributed by atoms with Crippen molar-refractivity contribution in [1.82, 2.24) is 0 Å². The molecule has 0 heteroatoms. The molecule has 0 aliphatic heterocycles. The van der Waals surface area contributed by atoms with Crippen LogP contribution >= 0.6 is 0 Å². The zero-order valence-electron chi connectivity index (χ0n) is 9.83. The predicted octanol–water partition coefficient (Wildman–Crippen LogP) is 4.67. The lowest BCUT2D eigenvalue weighted by Crippen LogP contribution is -1.89. The topological polar surface area (TPSA) is 0 Å². The molecule has 14 heavy (non-hydrogen) atoms. The van der Waals surface area contributed by atoms with Gasteiger partial charge in [0.05, 0.1) is 0 Å². The van der Waals surface area contributed by atoms with Gasteiger partial charge in [-0.25, -0.2) is 0 Å². The van der Waals surface area contributed by atoms with E-state index in [2.05, 4.69) is 57.2 Å². The third-order valence-corrected chi connectivity index (χ3v) is 2.15.